The Balaban J connectivity index is 2.68. The molecule has 1 amide bonds. The molecule has 0 saturated heterocycles. The second kappa shape index (κ2) is 4.66. The largest absolute Gasteiger partial charge is 0.465 e. The maximum Gasteiger partial charge on any atom is 0.405 e. The van der Waals surface area contributed by atoms with E-state index >= 15 is 0 Å². The van der Waals surface area contributed by atoms with Gasteiger partial charge in [0.2, 0.25) is 0 Å². The van der Waals surface area contributed by atoms with Gasteiger partial charge in [-0.05, 0) is 38.0 Å². The Kier molecular flexibility index (Phi) is 3.74. The molecule has 15 heavy (non-hydrogen) atoms. The van der Waals surface area contributed by atoms with Gasteiger partial charge in [-0.1, -0.05) is 28.1 Å². The van der Waals surface area contributed by atoms with Crippen molar-refractivity contribution in [1.82, 2.24) is 5.32 Å². The normalized spacial score (nSPS) is 11.1. The predicted octanol–water partition coefficient (Wildman–Crippen LogP) is 3.04. The van der Waals surface area contributed by atoms with E-state index in [-0.39, 0.29) is 0 Å². The summed E-state index contributed by atoms with van der Waals surface area (Å²) in [5, 5.41) is 11.1. The minimum absolute atomic E-state index is 0.445. The van der Waals surface area contributed by atoms with E-state index in [1.54, 1.807) is 0 Å². The van der Waals surface area contributed by atoms with E-state index in [1.165, 1.54) is 0 Å². The number of hydrogen-bond acceptors (Lipinski definition) is 1. The van der Waals surface area contributed by atoms with Crippen molar-refractivity contribution in [2.45, 2.75) is 25.8 Å². The third-order valence-electron chi connectivity index (χ3n) is 2.00. The summed E-state index contributed by atoms with van der Waals surface area (Å²) in [6, 6.07) is 7.86. The van der Waals surface area contributed by atoms with Crippen LogP contribution in [0.25, 0.3) is 0 Å². The minimum Gasteiger partial charge on any atom is -0.465 e. The van der Waals surface area contributed by atoms with Gasteiger partial charge in [-0.25, -0.2) is 4.79 Å². The van der Waals surface area contributed by atoms with Gasteiger partial charge in [-0.2, -0.15) is 0 Å². The Labute approximate surface area is 97.6 Å². The number of carboxylic acid groups (broad SMARTS) is 1. The molecule has 3 nitrogen and oxygen atoms in total. The summed E-state index contributed by atoms with van der Waals surface area (Å²) in [7, 11) is 0. The maximum absolute atomic E-state index is 10.5. The molecule has 0 aliphatic heterocycles. The second-order valence-electron chi connectivity index (χ2n) is 4.12. The molecule has 0 aromatic heterocycles. The van der Waals surface area contributed by atoms with Crippen molar-refractivity contribution in [3.63, 3.8) is 0 Å². The molecular weight excluding hydrogens is 258 g/mol. The summed E-state index contributed by atoms with van der Waals surface area (Å²) in [5.74, 6) is 0. The minimum atomic E-state index is -0.989. The van der Waals surface area contributed by atoms with Crippen LogP contribution in [0.2, 0.25) is 0 Å². The zero-order valence-corrected chi connectivity index (χ0v) is 10.3. The third kappa shape index (κ3) is 4.34. The van der Waals surface area contributed by atoms with Gasteiger partial charge in [0.15, 0.2) is 0 Å². The van der Waals surface area contributed by atoms with Crippen molar-refractivity contribution < 1.29 is 9.90 Å². The molecule has 2 N–H and O–H groups in total. The van der Waals surface area contributed by atoms with Crippen LogP contribution in [0.1, 0.15) is 19.4 Å². The van der Waals surface area contributed by atoms with Crippen molar-refractivity contribution in [2.75, 3.05) is 0 Å². The molecule has 0 atom stereocenters. The van der Waals surface area contributed by atoms with Crippen LogP contribution >= 0.6 is 15.9 Å². The van der Waals surface area contributed by atoms with Crippen LogP contribution in [-0.4, -0.2) is 16.7 Å². The molecule has 0 radical (unpaired) electrons. The number of halogens is 1. The zero-order chi connectivity index (χ0) is 11.5. The van der Waals surface area contributed by atoms with Crippen molar-refractivity contribution in [3.05, 3.63) is 34.3 Å². The number of nitrogens with one attached hydrogen (secondary N) is 1. The molecule has 0 bridgehead atoms. The van der Waals surface area contributed by atoms with E-state index in [0.29, 0.717) is 6.42 Å². The lowest BCUT2D eigenvalue weighted by atomic mass is 9.95. The van der Waals surface area contributed by atoms with Crippen LogP contribution < -0.4 is 5.32 Å². The van der Waals surface area contributed by atoms with E-state index in [1.807, 2.05) is 38.1 Å². The maximum atomic E-state index is 10.5. The summed E-state index contributed by atoms with van der Waals surface area (Å²) >= 11 is 3.36. The summed E-state index contributed by atoms with van der Waals surface area (Å²) in [5.41, 5.74) is 0.664. The number of amides is 1. The topological polar surface area (TPSA) is 49.3 Å². The van der Waals surface area contributed by atoms with E-state index < -0.39 is 11.6 Å². The lowest BCUT2D eigenvalue weighted by molar-refractivity contribution is 0.182. The van der Waals surface area contributed by atoms with E-state index in [9.17, 15) is 4.79 Å². The van der Waals surface area contributed by atoms with E-state index in [0.717, 1.165) is 10.0 Å². The van der Waals surface area contributed by atoms with Gasteiger partial charge in [-0.15, -0.1) is 0 Å². The molecule has 1 aromatic rings. The Bertz CT molecular complexity index is 346. The SMILES string of the molecule is CC(C)(Cc1ccc(Br)cc1)NC(=O)O. The highest BCUT2D eigenvalue weighted by molar-refractivity contribution is 9.10. The zero-order valence-electron chi connectivity index (χ0n) is 8.75. The van der Waals surface area contributed by atoms with Gasteiger partial charge < -0.3 is 10.4 Å². The van der Waals surface area contributed by atoms with Gasteiger partial charge in [0.1, 0.15) is 0 Å². The Hall–Kier alpha value is -1.03. The van der Waals surface area contributed by atoms with Crippen LogP contribution in [0.5, 0.6) is 0 Å². The van der Waals surface area contributed by atoms with Crippen molar-refractivity contribution in [1.29, 1.82) is 0 Å². The second-order valence-corrected chi connectivity index (χ2v) is 5.03. The average Bonchev–Trinajstić information content (AvgIpc) is 2.06. The molecule has 82 valence electrons. The van der Waals surface area contributed by atoms with Crippen LogP contribution in [0, 0.1) is 0 Å². The van der Waals surface area contributed by atoms with Crippen molar-refractivity contribution in [2.24, 2.45) is 0 Å². The lowest BCUT2D eigenvalue weighted by Gasteiger charge is -2.24. The average molecular weight is 272 g/mol. The highest BCUT2D eigenvalue weighted by atomic mass is 79.9. The fraction of sp³-hybridized carbons (Fsp3) is 0.364. The molecule has 0 saturated carbocycles. The quantitative estimate of drug-likeness (QED) is 0.888. The fourth-order valence-corrected chi connectivity index (χ4v) is 1.71. The van der Waals surface area contributed by atoms with Gasteiger partial charge in [0, 0.05) is 10.0 Å². The van der Waals surface area contributed by atoms with Gasteiger partial charge in [-0.3, -0.25) is 0 Å². The smallest absolute Gasteiger partial charge is 0.405 e. The molecular formula is C11H14BrNO2. The first-order chi connectivity index (χ1) is 6.89. The van der Waals surface area contributed by atoms with E-state index in [4.69, 9.17) is 5.11 Å². The van der Waals surface area contributed by atoms with Gasteiger partial charge >= 0.3 is 6.09 Å². The van der Waals surface area contributed by atoms with Crippen molar-refractivity contribution in [3.8, 4) is 0 Å². The number of rotatable bonds is 3. The molecule has 1 aromatic carbocycles. The fourth-order valence-electron chi connectivity index (χ4n) is 1.45. The predicted molar refractivity (Wildman–Crippen MR) is 63.1 cm³/mol. The van der Waals surface area contributed by atoms with Crippen LogP contribution in [-0.2, 0) is 6.42 Å². The first-order valence-electron chi connectivity index (χ1n) is 4.65. The highest BCUT2D eigenvalue weighted by Gasteiger charge is 2.20. The highest BCUT2D eigenvalue weighted by Crippen LogP contribution is 2.16. The summed E-state index contributed by atoms with van der Waals surface area (Å²) in [6.07, 6.45) is -0.316. The van der Waals surface area contributed by atoms with Gasteiger partial charge in [0.05, 0.1) is 0 Å². The molecule has 0 aliphatic rings. The number of carbonyl (C=O) groups is 1. The first-order valence-corrected chi connectivity index (χ1v) is 5.44. The molecule has 0 fully saturated rings. The first kappa shape index (κ1) is 12.0. The number of benzene rings is 1. The Morgan fingerprint density at radius 3 is 2.40 bits per heavy atom. The van der Waals surface area contributed by atoms with Crippen molar-refractivity contribution >= 4 is 22.0 Å². The van der Waals surface area contributed by atoms with Crippen LogP contribution in [0.3, 0.4) is 0 Å². The van der Waals surface area contributed by atoms with Gasteiger partial charge in [0.25, 0.3) is 0 Å². The number of hydrogen-bond donors (Lipinski definition) is 2. The molecule has 4 heteroatoms. The summed E-state index contributed by atoms with van der Waals surface area (Å²) < 4.78 is 1.02. The standard InChI is InChI=1S/C11H14BrNO2/c1-11(2,13-10(14)15)7-8-3-5-9(12)6-4-8/h3-6,13H,7H2,1-2H3,(H,14,15). The Morgan fingerprint density at radius 2 is 1.93 bits per heavy atom. The molecule has 0 heterocycles. The molecule has 0 aliphatic carbocycles. The third-order valence-corrected chi connectivity index (χ3v) is 2.53. The van der Waals surface area contributed by atoms with E-state index in [2.05, 4.69) is 21.2 Å². The molecule has 1 rings (SSSR count). The van der Waals surface area contributed by atoms with Crippen LogP contribution in [0.4, 0.5) is 4.79 Å². The summed E-state index contributed by atoms with van der Waals surface area (Å²) in [6.45, 7) is 3.73. The molecule has 0 spiro atoms. The molecule has 0 unspecified atom stereocenters. The van der Waals surface area contributed by atoms with Crippen LogP contribution in [0.15, 0.2) is 28.7 Å². The monoisotopic (exact) mass is 271 g/mol. The lowest BCUT2D eigenvalue weighted by Crippen LogP contribution is -2.44. The Morgan fingerprint density at radius 1 is 1.40 bits per heavy atom. The summed E-state index contributed by atoms with van der Waals surface area (Å²) in [4.78, 5) is 10.5.